The number of rotatable bonds is 2. The number of ether oxygens (including phenoxy) is 4. The molecule has 0 aromatic carbocycles. The second-order valence-corrected chi connectivity index (χ2v) is 12.5. The molecule has 0 amide bonds. The quantitative estimate of drug-likeness (QED) is 0.253. The van der Waals surface area contributed by atoms with E-state index in [0.29, 0.717) is 12.8 Å². The van der Waals surface area contributed by atoms with Crippen molar-refractivity contribution in [2.45, 2.75) is 89.2 Å². The average Bonchev–Trinajstić information content (AvgIpc) is 3.49. The summed E-state index contributed by atoms with van der Waals surface area (Å²) in [6, 6.07) is 0. The van der Waals surface area contributed by atoms with Crippen molar-refractivity contribution in [3.8, 4) is 0 Å². The first-order chi connectivity index (χ1) is 17.1. The predicted molar refractivity (Wildman–Crippen MR) is 120 cm³/mol. The number of hydrogen-bond acceptors (Lipinski definition) is 11. The molecule has 202 valence electrons. The van der Waals surface area contributed by atoms with Gasteiger partial charge < -0.3 is 34.3 Å². The second-order valence-electron chi connectivity index (χ2n) is 12.5. The predicted octanol–water partition coefficient (Wildman–Crippen LogP) is -0.0723. The van der Waals surface area contributed by atoms with Crippen LogP contribution in [0, 0.1) is 28.1 Å². The van der Waals surface area contributed by atoms with Gasteiger partial charge in [0.15, 0.2) is 6.10 Å². The second kappa shape index (κ2) is 7.19. The van der Waals surface area contributed by atoms with Crippen molar-refractivity contribution in [1.29, 1.82) is 0 Å². The van der Waals surface area contributed by atoms with Gasteiger partial charge in [-0.1, -0.05) is 6.92 Å². The standard InChI is InChI=1S/C26H32O11/c1-22(2,33)13-8-14(27)24(4)12(25(13)10-34-16(29)9-15(25)28)5-6-23(3)18(11-7-17(30)35-20(11)31)36-21(32)19-26(23,24)37-19/h7,12-13,15,17-19,28,30,33H,5-6,8-10H2,1-4H3/t12-,13+,15+,17+,18+,19-,23+,24-,25+,26+/m0/s1. The highest BCUT2D eigenvalue weighted by atomic mass is 16.7. The van der Waals surface area contributed by atoms with Crippen LogP contribution in [0.25, 0.3) is 0 Å². The van der Waals surface area contributed by atoms with Crippen molar-refractivity contribution < 1.29 is 53.4 Å². The summed E-state index contributed by atoms with van der Waals surface area (Å²) in [7, 11) is 0. The van der Waals surface area contributed by atoms with Crippen LogP contribution >= 0.6 is 0 Å². The van der Waals surface area contributed by atoms with Gasteiger partial charge >= 0.3 is 17.9 Å². The van der Waals surface area contributed by atoms with Crippen molar-refractivity contribution in [1.82, 2.24) is 0 Å². The number of epoxide rings is 1. The largest absolute Gasteiger partial charge is 0.465 e. The topological polar surface area (TPSA) is 169 Å². The minimum atomic E-state index is -1.47. The molecule has 37 heavy (non-hydrogen) atoms. The summed E-state index contributed by atoms with van der Waals surface area (Å²) in [4.78, 5) is 52.0. The summed E-state index contributed by atoms with van der Waals surface area (Å²) < 4.78 is 22.3. The molecule has 3 saturated heterocycles. The molecule has 11 heteroatoms. The van der Waals surface area contributed by atoms with Gasteiger partial charge in [0.1, 0.15) is 24.1 Å². The van der Waals surface area contributed by atoms with E-state index in [1.165, 1.54) is 6.08 Å². The lowest BCUT2D eigenvalue weighted by atomic mass is 9.36. The van der Waals surface area contributed by atoms with Crippen molar-refractivity contribution in [3.05, 3.63) is 11.6 Å². The van der Waals surface area contributed by atoms with Crippen molar-refractivity contribution in [2.75, 3.05) is 6.61 Å². The number of carbonyl (C=O) groups is 4. The zero-order valence-electron chi connectivity index (χ0n) is 21.2. The Kier molecular flexibility index (Phi) is 4.85. The number of aliphatic hydroxyl groups excluding tert-OH is 2. The van der Waals surface area contributed by atoms with E-state index >= 15 is 0 Å². The van der Waals surface area contributed by atoms with E-state index < -0.39 is 81.8 Å². The van der Waals surface area contributed by atoms with E-state index in [1.807, 2.05) is 6.92 Å². The molecule has 2 spiro atoms. The molecule has 0 aromatic heterocycles. The number of ketones is 1. The van der Waals surface area contributed by atoms with Crippen molar-refractivity contribution in [3.63, 3.8) is 0 Å². The van der Waals surface area contributed by atoms with Gasteiger partial charge in [0.05, 0.1) is 29.1 Å². The van der Waals surface area contributed by atoms with Gasteiger partial charge in [-0.05, 0) is 45.6 Å². The molecule has 4 heterocycles. The Labute approximate surface area is 213 Å². The normalized spacial score (nSPS) is 50.8. The van der Waals surface area contributed by atoms with E-state index in [0.717, 1.165) is 0 Å². The molecule has 10 atom stereocenters. The first kappa shape index (κ1) is 25.0. The molecule has 6 rings (SSSR count). The summed E-state index contributed by atoms with van der Waals surface area (Å²) >= 11 is 0. The molecule has 0 bridgehead atoms. The number of aliphatic hydroxyl groups is 3. The lowest BCUT2D eigenvalue weighted by Crippen LogP contribution is -2.76. The number of hydrogen-bond donors (Lipinski definition) is 3. The zero-order chi connectivity index (χ0) is 26.9. The fourth-order valence-electron chi connectivity index (χ4n) is 8.95. The van der Waals surface area contributed by atoms with Gasteiger partial charge in [0.2, 0.25) is 6.29 Å². The Morgan fingerprint density at radius 3 is 2.32 bits per heavy atom. The Bertz CT molecular complexity index is 1150. The van der Waals surface area contributed by atoms with E-state index in [2.05, 4.69) is 0 Å². The smallest absolute Gasteiger partial charge is 0.340 e. The maximum atomic E-state index is 14.2. The number of esters is 3. The molecular formula is C26H32O11. The SMILES string of the molecule is CC(C)(O)[C@H]1CC(=O)[C@]2(C)[C@H](CC[C@]3(C)[C@@H](C4=C[C@H](O)OC4=O)OC(=O)[C@@H]4O[C@]432)[C@]12COC(=O)C[C@H]2O. The van der Waals surface area contributed by atoms with Crippen molar-refractivity contribution >= 4 is 23.7 Å². The molecule has 2 saturated carbocycles. The lowest BCUT2D eigenvalue weighted by Gasteiger charge is -2.67. The van der Waals surface area contributed by atoms with Crippen LogP contribution in [0.1, 0.15) is 53.4 Å². The molecule has 5 fully saturated rings. The van der Waals surface area contributed by atoms with Crippen LogP contribution in [0.5, 0.6) is 0 Å². The first-order valence-corrected chi connectivity index (χ1v) is 12.7. The van der Waals surface area contributed by atoms with Gasteiger partial charge in [-0.15, -0.1) is 0 Å². The summed E-state index contributed by atoms with van der Waals surface area (Å²) in [5, 5.41) is 32.5. The minimum absolute atomic E-state index is 0.00213. The van der Waals surface area contributed by atoms with E-state index in [4.69, 9.17) is 18.9 Å². The molecule has 0 unspecified atom stereocenters. The van der Waals surface area contributed by atoms with E-state index in [1.54, 1.807) is 20.8 Å². The van der Waals surface area contributed by atoms with Gasteiger partial charge in [0, 0.05) is 23.2 Å². The monoisotopic (exact) mass is 520 g/mol. The maximum absolute atomic E-state index is 14.2. The Balaban J connectivity index is 1.52. The maximum Gasteiger partial charge on any atom is 0.340 e. The summed E-state index contributed by atoms with van der Waals surface area (Å²) in [6.45, 7) is 6.53. The molecule has 2 aliphatic carbocycles. The van der Waals surface area contributed by atoms with Crippen molar-refractivity contribution in [2.24, 2.45) is 28.1 Å². The third-order valence-electron chi connectivity index (χ3n) is 10.6. The molecule has 4 aliphatic heterocycles. The molecule has 11 nitrogen and oxygen atoms in total. The minimum Gasteiger partial charge on any atom is -0.465 e. The fourth-order valence-corrected chi connectivity index (χ4v) is 8.95. The van der Waals surface area contributed by atoms with Crippen LogP contribution in [0.15, 0.2) is 11.6 Å². The van der Waals surface area contributed by atoms with E-state index in [9.17, 15) is 34.5 Å². The van der Waals surface area contributed by atoms with Crippen LogP contribution in [-0.2, 0) is 38.1 Å². The summed E-state index contributed by atoms with van der Waals surface area (Å²) in [5.74, 6) is -3.65. The third-order valence-corrected chi connectivity index (χ3v) is 10.6. The van der Waals surface area contributed by atoms with Crippen LogP contribution in [0.2, 0.25) is 0 Å². The van der Waals surface area contributed by atoms with Gasteiger partial charge in [-0.2, -0.15) is 0 Å². The molecular weight excluding hydrogens is 488 g/mol. The Hall–Kier alpha value is -2.34. The average molecular weight is 521 g/mol. The van der Waals surface area contributed by atoms with Crippen LogP contribution in [0.3, 0.4) is 0 Å². The molecule has 0 radical (unpaired) electrons. The Morgan fingerprint density at radius 2 is 1.73 bits per heavy atom. The number of carbonyl (C=O) groups excluding carboxylic acids is 4. The van der Waals surface area contributed by atoms with E-state index in [-0.39, 0.29) is 30.8 Å². The molecule has 6 aliphatic rings. The molecule has 3 N–H and O–H groups in total. The van der Waals surface area contributed by atoms with Gasteiger partial charge in [-0.3, -0.25) is 9.59 Å². The third kappa shape index (κ3) is 2.76. The Morgan fingerprint density at radius 1 is 1.03 bits per heavy atom. The first-order valence-electron chi connectivity index (χ1n) is 12.7. The highest BCUT2D eigenvalue weighted by molar-refractivity contribution is 5.96. The zero-order valence-corrected chi connectivity index (χ0v) is 21.2. The summed E-state index contributed by atoms with van der Waals surface area (Å²) in [6.07, 6.45) is -3.36. The van der Waals surface area contributed by atoms with Crippen LogP contribution in [0.4, 0.5) is 0 Å². The number of fused-ring (bicyclic) bond motifs is 2. The van der Waals surface area contributed by atoms with Crippen LogP contribution < -0.4 is 0 Å². The molecule has 0 aromatic rings. The highest BCUT2D eigenvalue weighted by Crippen LogP contribution is 2.77. The van der Waals surface area contributed by atoms with Gasteiger partial charge in [-0.25, -0.2) is 9.59 Å². The fraction of sp³-hybridized carbons (Fsp3) is 0.769. The summed E-state index contributed by atoms with van der Waals surface area (Å²) in [5.41, 5.74) is -6.30. The van der Waals surface area contributed by atoms with Gasteiger partial charge in [0.25, 0.3) is 0 Å². The highest BCUT2D eigenvalue weighted by Gasteiger charge is 2.89. The number of cyclic esters (lactones) is 3. The van der Waals surface area contributed by atoms with Crippen LogP contribution in [-0.4, -0.2) is 81.4 Å². The lowest BCUT2D eigenvalue weighted by molar-refractivity contribution is -0.257. The number of Topliss-reactive ketones (excluding diaryl/α,β-unsaturated/α-hetero) is 1.